The van der Waals surface area contributed by atoms with E-state index in [-0.39, 0.29) is 11.3 Å². The van der Waals surface area contributed by atoms with Gasteiger partial charge in [-0.05, 0) is 42.0 Å². The van der Waals surface area contributed by atoms with Crippen LogP contribution in [0.4, 0.5) is 5.69 Å². The minimum absolute atomic E-state index is 0.0199. The lowest BCUT2D eigenvalue weighted by atomic mass is 9.96. The highest BCUT2D eigenvalue weighted by atomic mass is 16.5. The van der Waals surface area contributed by atoms with E-state index in [4.69, 9.17) is 9.15 Å². The van der Waals surface area contributed by atoms with Crippen LogP contribution in [0.25, 0.3) is 16.5 Å². The summed E-state index contributed by atoms with van der Waals surface area (Å²) in [6.45, 7) is 1.78. The van der Waals surface area contributed by atoms with Crippen molar-refractivity contribution < 1.29 is 23.8 Å². The Morgan fingerprint density at radius 2 is 1.73 bits per heavy atom. The van der Waals surface area contributed by atoms with Crippen molar-refractivity contribution in [3.63, 3.8) is 0 Å². The zero-order chi connectivity index (χ0) is 23.1. The minimum Gasteiger partial charge on any atom is -0.507 e. The maximum absolute atomic E-state index is 13.3. The summed E-state index contributed by atoms with van der Waals surface area (Å²) in [5, 5.41) is 13.1. The SMILES string of the molecule is COc1cccc(N2C(=O)C(=O)/C(=C(\O)c3cccc4ccccc34)C2c2ccc(C)o2)c1. The molecule has 0 aliphatic carbocycles. The molecule has 5 rings (SSSR count). The van der Waals surface area contributed by atoms with Gasteiger partial charge in [0.15, 0.2) is 0 Å². The number of aryl methyl sites for hydroxylation is 1. The molecule has 1 unspecified atom stereocenters. The first-order valence-electron chi connectivity index (χ1n) is 10.5. The van der Waals surface area contributed by atoms with Crippen LogP contribution < -0.4 is 9.64 Å². The van der Waals surface area contributed by atoms with Crippen LogP contribution in [-0.4, -0.2) is 23.9 Å². The first kappa shape index (κ1) is 20.6. The number of Topliss-reactive ketones (excluding diaryl/α,β-unsaturated/α-hetero) is 1. The number of carbonyl (C=O) groups is 2. The number of carbonyl (C=O) groups excluding carboxylic acids is 2. The Morgan fingerprint density at radius 3 is 2.48 bits per heavy atom. The fraction of sp³-hybridized carbons (Fsp3) is 0.111. The predicted molar refractivity (Wildman–Crippen MR) is 125 cm³/mol. The Labute approximate surface area is 190 Å². The summed E-state index contributed by atoms with van der Waals surface area (Å²) in [7, 11) is 1.53. The number of amides is 1. The summed E-state index contributed by atoms with van der Waals surface area (Å²) in [6, 6.07) is 22.5. The van der Waals surface area contributed by atoms with Gasteiger partial charge in [-0.1, -0.05) is 48.5 Å². The highest BCUT2D eigenvalue weighted by molar-refractivity contribution is 6.51. The molecule has 1 amide bonds. The topological polar surface area (TPSA) is 80.0 Å². The van der Waals surface area contributed by atoms with Gasteiger partial charge in [-0.15, -0.1) is 0 Å². The molecular formula is C27H21NO5. The molecule has 33 heavy (non-hydrogen) atoms. The van der Waals surface area contributed by atoms with Crippen LogP contribution in [0.5, 0.6) is 5.75 Å². The fourth-order valence-corrected chi connectivity index (χ4v) is 4.31. The van der Waals surface area contributed by atoms with Crippen LogP contribution in [-0.2, 0) is 9.59 Å². The van der Waals surface area contributed by atoms with Crippen LogP contribution in [0.1, 0.15) is 23.1 Å². The molecule has 4 aromatic rings. The van der Waals surface area contributed by atoms with Crippen molar-refractivity contribution in [2.24, 2.45) is 0 Å². The van der Waals surface area contributed by atoms with E-state index < -0.39 is 17.7 Å². The molecule has 6 nitrogen and oxygen atoms in total. The molecule has 1 aliphatic heterocycles. The van der Waals surface area contributed by atoms with Crippen LogP contribution >= 0.6 is 0 Å². The van der Waals surface area contributed by atoms with Gasteiger partial charge in [0.05, 0.1) is 12.7 Å². The zero-order valence-corrected chi connectivity index (χ0v) is 18.1. The lowest BCUT2D eigenvalue weighted by Gasteiger charge is -2.24. The van der Waals surface area contributed by atoms with Gasteiger partial charge in [-0.25, -0.2) is 0 Å². The maximum atomic E-state index is 13.3. The number of hydrogen-bond donors (Lipinski definition) is 1. The molecule has 0 spiro atoms. The quantitative estimate of drug-likeness (QED) is 0.262. The molecule has 1 saturated heterocycles. The first-order chi connectivity index (χ1) is 16.0. The van der Waals surface area contributed by atoms with Gasteiger partial charge in [-0.2, -0.15) is 0 Å². The van der Waals surface area contributed by atoms with E-state index in [1.54, 1.807) is 49.4 Å². The number of anilines is 1. The largest absolute Gasteiger partial charge is 0.507 e. The van der Waals surface area contributed by atoms with Crippen molar-refractivity contribution in [3.05, 3.63) is 102 Å². The molecule has 3 aromatic carbocycles. The lowest BCUT2D eigenvalue weighted by Crippen LogP contribution is -2.29. The van der Waals surface area contributed by atoms with Crippen LogP contribution in [0, 0.1) is 6.92 Å². The van der Waals surface area contributed by atoms with Gasteiger partial charge in [0.2, 0.25) is 0 Å². The van der Waals surface area contributed by atoms with Crippen molar-refractivity contribution in [2.75, 3.05) is 12.0 Å². The minimum atomic E-state index is -0.926. The molecular weight excluding hydrogens is 418 g/mol. The number of methoxy groups -OCH3 is 1. The second-order valence-electron chi connectivity index (χ2n) is 7.85. The lowest BCUT2D eigenvalue weighted by molar-refractivity contribution is -0.132. The standard InChI is InChI=1S/C27H21NO5/c1-16-13-14-22(33-16)24-23(25(29)21-12-5-8-17-7-3-4-11-20(17)21)26(30)27(31)28(24)18-9-6-10-19(15-18)32-2/h3-15,24,29H,1-2H3/b25-23-. The van der Waals surface area contributed by atoms with Gasteiger partial charge in [-0.3, -0.25) is 14.5 Å². The molecule has 1 N–H and O–H groups in total. The number of furan rings is 1. The second-order valence-corrected chi connectivity index (χ2v) is 7.85. The summed E-state index contributed by atoms with van der Waals surface area (Å²) < 4.78 is 11.2. The molecule has 6 heteroatoms. The fourth-order valence-electron chi connectivity index (χ4n) is 4.31. The maximum Gasteiger partial charge on any atom is 0.300 e. The van der Waals surface area contributed by atoms with E-state index in [9.17, 15) is 14.7 Å². The van der Waals surface area contributed by atoms with E-state index in [1.165, 1.54) is 12.0 Å². The molecule has 2 heterocycles. The van der Waals surface area contributed by atoms with Gasteiger partial charge in [0, 0.05) is 17.3 Å². The van der Waals surface area contributed by atoms with Gasteiger partial charge in [0.25, 0.3) is 11.7 Å². The molecule has 164 valence electrons. The Hall–Kier alpha value is -4.32. The Kier molecular flexibility index (Phi) is 4.98. The number of fused-ring (bicyclic) bond motifs is 1. The predicted octanol–water partition coefficient (Wildman–Crippen LogP) is 5.38. The van der Waals surface area contributed by atoms with Gasteiger partial charge >= 0.3 is 0 Å². The third-order valence-electron chi connectivity index (χ3n) is 5.85. The van der Waals surface area contributed by atoms with Crippen LogP contribution in [0.2, 0.25) is 0 Å². The van der Waals surface area contributed by atoms with Crippen LogP contribution in [0.15, 0.2) is 88.9 Å². The summed E-state index contributed by atoms with van der Waals surface area (Å²) in [4.78, 5) is 27.9. The summed E-state index contributed by atoms with van der Waals surface area (Å²) >= 11 is 0. The van der Waals surface area contributed by atoms with E-state index in [0.717, 1.165) is 10.8 Å². The van der Waals surface area contributed by atoms with Crippen LogP contribution in [0.3, 0.4) is 0 Å². The number of aliphatic hydroxyl groups excluding tert-OH is 1. The second kappa shape index (κ2) is 7.98. The van der Waals surface area contributed by atoms with Crippen molar-refractivity contribution in [1.82, 2.24) is 0 Å². The number of aliphatic hydroxyl groups is 1. The molecule has 1 atom stereocenters. The Balaban J connectivity index is 1.76. The van der Waals surface area contributed by atoms with E-state index in [1.807, 2.05) is 36.4 Å². The van der Waals surface area contributed by atoms with Gasteiger partial charge < -0.3 is 14.3 Å². The van der Waals surface area contributed by atoms with E-state index >= 15 is 0 Å². The highest BCUT2D eigenvalue weighted by Gasteiger charge is 2.48. The molecule has 0 radical (unpaired) electrons. The number of ether oxygens (including phenoxy) is 1. The number of hydrogen-bond acceptors (Lipinski definition) is 5. The third kappa shape index (κ3) is 3.36. The average Bonchev–Trinajstić information content (AvgIpc) is 3.38. The number of rotatable bonds is 4. The first-order valence-corrected chi connectivity index (χ1v) is 10.5. The molecule has 1 aliphatic rings. The molecule has 0 saturated carbocycles. The van der Waals surface area contributed by atoms with Crippen molar-refractivity contribution >= 4 is 33.9 Å². The van der Waals surface area contributed by atoms with Gasteiger partial charge in [0.1, 0.15) is 29.1 Å². The van der Waals surface area contributed by atoms with Crippen molar-refractivity contribution in [3.8, 4) is 5.75 Å². The number of benzene rings is 3. The summed E-state index contributed by atoms with van der Waals surface area (Å²) in [6.07, 6.45) is 0. The summed E-state index contributed by atoms with van der Waals surface area (Å²) in [5.74, 6) is -0.207. The molecule has 1 fully saturated rings. The number of ketones is 1. The number of nitrogens with zero attached hydrogens (tertiary/aromatic N) is 1. The normalized spacial score (nSPS) is 17.6. The zero-order valence-electron chi connectivity index (χ0n) is 18.1. The highest BCUT2D eigenvalue weighted by Crippen LogP contribution is 2.43. The smallest absolute Gasteiger partial charge is 0.300 e. The average molecular weight is 439 g/mol. The van der Waals surface area contributed by atoms with E-state index in [2.05, 4.69) is 0 Å². The van der Waals surface area contributed by atoms with Crippen molar-refractivity contribution in [2.45, 2.75) is 13.0 Å². The molecule has 0 bridgehead atoms. The Morgan fingerprint density at radius 1 is 0.970 bits per heavy atom. The van der Waals surface area contributed by atoms with Crippen molar-refractivity contribution in [1.29, 1.82) is 0 Å². The van der Waals surface area contributed by atoms with E-state index in [0.29, 0.717) is 28.5 Å². The summed E-state index contributed by atoms with van der Waals surface area (Å²) in [5.41, 5.74) is 0.922. The third-order valence-corrected chi connectivity index (χ3v) is 5.85. The molecule has 1 aromatic heterocycles. The Bertz CT molecular complexity index is 1430. The monoisotopic (exact) mass is 439 g/mol.